The van der Waals surface area contributed by atoms with Gasteiger partial charge in [-0.05, 0) is 31.7 Å². The average Bonchev–Trinajstić information content (AvgIpc) is 3.37. The van der Waals surface area contributed by atoms with E-state index in [1.165, 1.54) is 10.7 Å². The van der Waals surface area contributed by atoms with E-state index in [1.807, 2.05) is 4.90 Å². The molecular weight excluding hydrogens is 310 g/mol. The molecule has 0 radical (unpaired) electrons. The molecule has 0 aromatic carbocycles. The maximum atomic E-state index is 12.4. The second-order valence-corrected chi connectivity index (χ2v) is 7.09. The fraction of sp³-hybridized carbons (Fsp3) is 0.706. The molecule has 1 aromatic rings. The molecule has 1 spiro atoms. The molecule has 2 atom stereocenters. The molecule has 130 valence electrons. The van der Waals surface area contributed by atoms with Crippen LogP contribution in [0.5, 0.6) is 0 Å². The van der Waals surface area contributed by atoms with Gasteiger partial charge >= 0.3 is 0 Å². The number of amides is 1. The van der Waals surface area contributed by atoms with Crippen LogP contribution in [0.1, 0.15) is 25.7 Å². The van der Waals surface area contributed by atoms with Gasteiger partial charge in [-0.3, -0.25) is 9.59 Å². The lowest BCUT2D eigenvalue weighted by Gasteiger charge is -2.32. The first-order chi connectivity index (χ1) is 11.7. The average molecular weight is 333 g/mol. The van der Waals surface area contributed by atoms with Gasteiger partial charge in [0.25, 0.3) is 5.56 Å². The smallest absolute Gasteiger partial charge is 0.266 e. The lowest BCUT2D eigenvalue weighted by Crippen LogP contribution is -2.47. The van der Waals surface area contributed by atoms with Crippen LogP contribution in [0.3, 0.4) is 0 Å². The maximum absolute atomic E-state index is 12.4. The van der Waals surface area contributed by atoms with E-state index < -0.39 is 5.60 Å². The fourth-order valence-corrected chi connectivity index (χ4v) is 3.65. The van der Waals surface area contributed by atoms with Crippen LogP contribution in [0.2, 0.25) is 0 Å². The molecule has 3 aliphatic rings. The minimum atomic E-state index is -0.440. The fourth-order valence-electron chi connectivity index (χ4n) is 3.65. The number of aromatic nitrogens is 2. The summed E-state index contributed by atoms with van der Waals surface area (Å²) in [5.41, 5.74) is -0.561. The van der Waals surface area contributed by atoms with Crippen LogP contribution < -0.4 is 5.56 Å². The van der Waals surface area contributed by atoms with Gasteiger partial charge in [-0.1, -0.05) is 0 Å². The summed E-state index contributed by atoms with van der Waals surface area (Å²) in [4.78, 5) is 26.2. The lowest BCUT2D eigenvalue weighted by molar-refractivity contribution is -0.137. The van der Waals surface area contributed by atoms with Crippen molar-refractivity contribution in [1.82, 2.24) is 14.7 Å². The van der Waals surface area contributed by atoms with Crippen LogP contribution >= 0.6 is 0 Å². The molecule has 7 heteroatoms. The number of carbonyl (C=O) groups excluding carboxylic acids is 1. The first kappa shape index (κ1) is 15.8. The van der Waals surface area contributed by atoms with Crippen molar-refractivity contribution in [3.63, 3.8) is 0 Å². The summed E-state index contributed by atoms with van der Waals surface area (Å²) in [7, 11) is 0. The number of carbonyl (C=O) groups is 1. The van der Waals surface area contributed by atoms with E-state index in [4.69, 9.17) is 9.47 Å². The number of nitrogens with zero attached hydrogens (tertiary/aromatic N) is 3. The summed E-state index contributed by atoms with van der Waals surface area (Å²) in [5.74, 6) is 0.456. The van der Waals surface area contributed by atoms with Crippen molar-refractivity contribution < 1.29 is 14.3 Å². The quantitative estimate of drug-likeness (QED) is 0.802. The van der Waals surface area contributed by atoms with Crippen LogP contribution in [-0.4, -0.2) is 58.6 Å². The van der Waals surface area contributed by atoms with Crippen molar-refractivity contribution in [3.8, 4) is 0 Å². The molecule has 2 saturated heterocycles. The molecule has 7 nitrogen and oxygen atoms in total. The molecule has 3 heterocycles. The van der Waals surface area contributed by atoms with Crippen molar-refractivity contribution in [2.45, 2.75) is 43.9 Å². The summed E-state index contributed by atoms with van der Waals surface area (Å²) in [6.45, 7) is 2.75. The summed E-state index contributed by atoms with van der Waals surface area (Å²) < 4.78 is 13.5. The Bertz CT molecular complexity index is 672. The molecule has 4 rings (SSSR count). The Balaban J connectivity index is 1.44. The Labute approximate surface area is 140 Å². The summed E-state index contributed by atoms with van der Waals surface area (Å²) in [6, 6.07) is 3.14. The largest absolute Gasteiger partial charge is 0.377 e. The van der Waals surface area contributed by atoms with Crippen LogP contribution in [0.4, 0.5) is 0 Å². The second-order valence-electron chi connectivity index (χ2n) is 7.09. The van der Waals surface area contributed by atoms with Crippen LogP contribution in [0.15, 0.2) is 23.1 Å². The topological polar surface area (TPSA) is 73.7 Å². The van der Waals surface area contributed by atoms with E-state index in [0.717, 1.165) is 25.7 Å². The molecule has 1 amide bonds. The normalized spacial score (nSPS) is 30.5. The lowest BCUT2D eigenvalue weighted by atomic mass is 10.00. The van der Waals surface area contributed by atoms with Crippen molar-refractivity contribution in [2.75, 3.05) is 26.3 Å². The first-order valence-electron chi connectivity index (χ1n) is 8.72. The number of rotatable bonds is 3. The van der Waals surface area contributed by atoms with Gasteiger partial charge in [0.2, 0.25) is 5.91 Å². The molecule has 0 N–H and O–H groups in total. The van der Waals surface area contributed by atoms with Gasteiger partial charge in [-0.25, -0.2) is 4.68 Å². The highest BCUT2D eigenvalue weighted by molar-refractivity contribution is 5.81. The van der Waals surface area contributed by atoms with Crippen LogP contribution in [0.25, 0.3) is 0 Å². The Kier molecular flexibility index (Phi) is 4.14. The molecule has 2 aliphatic heterocycles. The number of ether oxygens (including phenoxy) is 2. The van der Waals surface area contributed by atoms with Crippen LogP contribution in [-0.2, 0) is 20.8 Å². The highest BCUT2D eigenvalue weighted by Crippen LogP contribution is 2.36. The summed E-state index contributed by atoms with van der Waals surface area (Å²) >= 11 is 0. The highest BCUT2D eigenvalue weighted by Gasteiger charge is 2.45. The standard InChI is InChI=1S/C17H23N3O4/c21-15-2-1-7-18-20(15)10-14-5-6-17(24-14)11-19(8-9-23-12-17)16(22)13-3-4-13/h1-2,7,13-14H,3-6,8-12H2/t14-,17-/m1/s1. The van der Waals surface area contributed by atoms with Gasteiger partial charge in [-0.15, -0.1) is 0 Å². The molecule has 0 bridgehead atoms. The second kappa shape index (κ2) is 6.29. The molecule has 1 aliphatic carbocycles. The first-order valence-corrected chi connectivity index (χ1v) is 8.72. The Morgan fingerprint density at radius 3 is 3.04 bits per heavy atom. The minimum Gasteiger partial charge on any atom is -0.377 e. The van der Waals surface area contributed by atoms with Gasteiger partial charge in [0, 0.05) is 24.7 Å². The van der Waals surface area contributed by atoms with E-state index >= 15 is 0 Å². The van der Waals surface area contributed by atoms with E-state index in [2.05, 4.69) is 5.10 Å². The van der Waals surface area contributed by atoms with E-state index in [0.29, 0.717) is 32.8 Å². The Morgan fingerprint density at radius 1 is 1.38 bits per heavy atom. The van der Waals surface area contributed by atoms with Gasteiger partial charge in [-0.2, -0.15) is 5.10 Å². The zero-order valence-electron chi connectivity index (χ0n) is 13.7. The molecule has 1 saturated carbocycles. The van der Waals surface area contributed by atoms with Gasteiger partial charge in [0.15, 0.2) is 0 Å². The zero-order chi connectivity index (χ0) is 16.6. The van der Waals surface area contributed by atoms with Gasteiger partial charge < -0.3 is 14.4 Å². The molecule has 3 fully saturated rings. The third kappa shape index (κ3) is 3.23. The third-order valence-corrected chi connectivity index (χ3v) is 5.09. The van der Waals surface area contributed by atoms with Gasteiger partial charge in [0.1, 0.15) is 5.60 Å². The highest BCUT2D eigenvalue weighted by atomic mass is 16.6. The third-order valence-electron chi connectivity index (χ3n) is 5.09. The summed E-state index contributed by atoms with van der Waals surface area (Å²) in [6.07, 6.45) is 5.24. The molecular formula is C17H23N3O4. The predicted octanol–water partition coefficient (Wildman–Crippen LogP) is 0.430. The van der Waals surface area contributed by atoms with Gasteiger partial charge in [0.05, 0.1) is 32.4 Å². The predicted molar refractivity (Wildman–Crippen MR) is 85.5 cm³/mol. The molecule has 0 unspecified atom stereocenters. The van der Waals surface area contributed by atoms with Crippen molar-refractivity contribution in [3.05, 3.63) is 28.7 Å². The van der Waals surface area contributed by atoms with Crippen molar-refractivity contribution >= 4 is 5.91 Å². The zero-order valence-corrected chi connectivity index (χ0v) is 13.7. The Morgan fingerprint density at radius 2 is 2.25 bits per heavy atom. The monoisotopic (exact) mass is 333 g/mol. The SMILES string of the molecule is O=C(C1CC1)N1CCOC[C@@]2(CC[C@H](Cn3ncccc3=O)O2)C1. The summed E-state index contributed by atoms with van der Waals surface area (Å²) in [5, 5.41) is 4.10. The van der Waals surface area contributed by atoms with Crippen LogP contribution in [0, 0.1) is 5.92 Å². The number of hydrogen-bond acceptors (Lipinski definition) is 5. The molecule has 1 aromatic heterocycles. The van der Waals surface area contributed by atoms with E-state index in [-0.39, 0.29) is 23.5 Å². The number of hydrogen-bond donors (Lipinski definition) is 0. The Hall–Kier alpha value is -1.73. The maximum Gasteiger partial charge on any atom is 0.266 e. The molecule has 24 heavy (non-hydrogen) atoms. The van der Waals surface area contributed by atoms with Crippen molar-refractivity contribution in [2.24, 2.45) is 5.92 Å². The minimum absolute atomic E-state index is 0.0721. The van der Waals surface area contributed by atoms with E-state index in [9.17, 15) is 9.59 Å². The van der Waals surface area contributed by atoms with Crippen molar-refractivity contribution in [1.29, 1.82) is 0 Å². The van der Waals surface area contributed by atoms with E-state index in [1.54, 1.807) is 12.3 Å².